The predicted molar refractivity (Wildman–Crippen MR) is 67.8 cm³/mol. The molecule has 0 amide bonds. The van der Waals surface area contributed by atoms with E-state index in [-0.39, 0.29) is 0 Å². The van der Waals surface area contributed by atoms with Crippen molar-refractivity contribution in [2.45, 2.75) is 6.92 Å². The number of aromatic nitrogens is 1. The van der Waals surface area contributed by atoms with Crippen LogP contribution in [0.25, 0.3) is 10.4 Å². The fourth-order valence-electron chi connectivity index (χ4n) is 1.33. The third kappa shape index (κ3) is 2.19. The van der Waals surface area contributed by atoms with Crippen LogP contribution in [-0.2, 0) is 0 Å². The third-order valence-corrected chi connectivity index (χ3v) is 3.69. The first-order chi connectivity index (χ1) is 7.20. The summed E-state index contributed by atoms with van der Waals surface area (Å²) in [5.74, 6) is 5.32. The zero-order chi connectivity index (χ0) is 10.8. The van der Waals surface area contributed by atoms with Crippen LogP contribution in [0.4, 0.5) is 5.13 Å². The van der Waals surface area contributed by atoms with Gasteiger partial charge in [0, 0.05) is 4.47 Å². The molecule has 2 aromatic rings. The molecule has 0 aliphatic carbocycles. The highest BCUT2D eigenvalue weighted by Gasteiger charge is 2.08. The second kappa shape index (κ2) is 4.30. The van der Waals surface area contributed by atoms with Crippen LogP contribution in [0.15, 0.2) is 28.7 Å². The Morgan fingerprint density at radius 3 is 2.53 bits per heavy atom. The minimum absolute atomic E-state index is 0.741. The van der Waals surface area contributed by atoms with Gasteiger partial charge in [-0.3, -0.25) is 5.43 Å². The monoisotopic (exact) mass is 283 g/mol. The quantitative estimate of drug-likeness (QED) is 0.658. The Labute approximate surface area is 100 Å². The number of aryl methyl sites for hydroxylation is 1. The van der Waals surface area contributed by atoms with Gasteiger partial charge in [0.25, 0.3) is 0 Å². The molecule has 1 heterocycles. The number of hydrazine groups is 1. The summed E-state index contributed by atoms with van der Waals surface area (Å²) >= 11 is 4.97. The van der Waals surface area contributed by atoms with Crippen molar-refractivity contribution in [1.82, 2.24) is 4.98 Å². The van der Waals surface area contributed by atoms with Crippen LogP contribution in [0.5, 0.6) is 0 Å². The van der Waals surface area contributed by atoms with E-state index >= 15 is 0 Å². The number of nitrogens with zero attached hydrogens (tertiary/aromatic N) is 1. The first-order valence-corrected chi connectivity index (χ1v) is 6.01. The molecular weight excluding hydrogens is 274 g/mol. The van der Waals surface area contributed by atoms with Gasteiger partial charge in [-0.05, 0) is 24.6 Å². The number of nitrogens with one attached hydrogen (secondary N) is 1. The molecule has 78 valence electrons. The number of hydrogen-bond donors (Lipinski definition) is 2. The van der Waals surface area contributed by atoms with E-state index in [0.29, 0.717) is 0 Å². The van der Waals surface area contributed by atoms with Gasteiger partial charge in [-0.15, -0.1) is 0 Å². The average Bonchev–Trinajstić information content (AvgIpc) is 2.61. The summed E-state index contributed by atoms with van der Waals surface area (Å²) in [6.45, 7) is 1.98. The summed E-state index contributed by atoms with van der Waals surface area (Å²) in [6, 6.07) is 8.16. The third-order valence-electron chi connectivity index (χ3n) is 2.03. The SMILES string of the molecule is Cc1nc(NN)sc1-c1ccc(Br)cc1. The lowest BCUT2D eigenvalue weighted by Crippen LogP contribution is -2.05. The number of thiazole rings is 1. The molecule has 0 fully saturated rings. The number of nitrogen functional groups attached to an aromatic ring is 1. The highest BCUT2D eigenvalue weighted by molar-refractivity contribution is 9.10. The summed E-state index contributed by atoms with van der Waals surface area (Å²) in [4.78, 5) is 5.45. The van der Waals surface area contributed by atoms with Crippen molar-refractivity contribution in [2.75, 3.05) is 5.43 Å². The largest absolute Gasteiger partial charge is 0.300 e. The summed E-state index contributed by atoms with van der Waals surface area (Å²) in [5.41, 5.74) is 4.72. The lowest BCUT2D eigenvalue weighted by Gasteiger charge is -1.98. The molecular formula is C10H10BrN3S. The number of anilines is 1. The van der Waals surface area contributed by atoms with Crippen molar-refractivity contribution in [3.8, 4) is 10.4 Å². The maximum absolute atomic E-state index is 5.32. The maximum Gasteiger partial charge on any atom is 0.197 e. The fourth-order valence-corrected chi connectivity index (χ4v) is 2.47. The maximum atomic E-state index is 5.32. The van der Waals surface area contributed by atoms with Gasteiger partial charge in [-0.1, -0.05) is 39.4 Å². The zero-order valence-corrected chi connectivity index (χ0v) is 10.5. The second-order valence-electron chi connectivity index (χ2n) is 3.08. The second-order valence-corrected chi connectivity index (χ2v) is 5.00. The van der Waals surface area contributed by atoms with Gasteiger partial charge in [-0.25, -0.2) is 10.8 Å². The van der Waals surface area contributed by atoms with Crippen LogP contribution in [0.1, 0.15) is 5.69 Å². The number of rotatable bonds is 2. The molecule has 0 spiro atoms. The average molecular weight is 284 g/mol. The number of halogens is 1. The van der Waals surface area contributed by atoms with Gasteiger partial charge < -0.3 is 0 Å². The molecule has 0 radical (unpaired) electrons. The molecule has 15 heavy (non-hydrogen) atoms. The van der Waals surface area contributed by atoms with Gasteiger partial charge in [0.1, 0.15) is 0 Å². The normalized spacial score (nSPS) is 10.3. The van der Waals surface area contributed by atoms with Gasteiger partial charge in [0.05, 0.1) is 10.6 Å². The molecule has 0 aliphatic rings. The highest BCUT2D eigenvalue weighted by atomic mass is 79.9. The van der Waals surface area contributed by atoms with E-state index in [9.17, 15) is 0 Å². The molecule has 2 rings (SSSR count). The van der Waals surface area contributed by atoms with Crippen LogP contribution in [-0.4, -0.2) is 4.98 Å². The fraction of sp³-hybridized carbons (Fsp3) is 0.100. The van der Waals surface area contributed by atoms with E-state index in [1.165, 1.54) is 0 Å². The molecule has 0 aliphatic heterocycles. The van der Waals surface area contributed by atoms with Crippen molar-refractivity contribution in [2.24, 2.45) is 5.84 Å². The molecule has 0 unspecified atom stereocenters. The molecule has 3 nitrogen and oxygen atoms in total. The first-order valence-electron chi connectivity index (χ1n) is 4.40. The van der Waals surface area contributed by atoms with Crippen molar-refractivity contribution < 1.29 is 0 Å². The van der Waals surface area contributed by atoms with E-state index in [2.05, 4.69) is 38.5 Å². The molecule has 5 heteroatoms. The zero-order valence-electron chi connectivity index (χ0n) is 8.12. The Morgan fingerprint density at radius 1 is 1.33 bits per heavy atom. The van der Waals surface area contributed by atoms with Gasteiger partial charge in [0.2, 0.25) is 0 Å². The van der Waals surface area contributed by atoms with Gasteiger partial charge >= 0.3 is 0 Å². The van der Waals surface area contributed by atoms with Crippen molar-refractivity contribution >= 4 is 32.4 Å². The number of benzene rings is 1. The van der Waals surface area contributed by atoms with E-state index in [4.69, 9.17) is 5.84 Å². The van der Waals surface area contributed by atoms with Crippen LogP contribution in [0, 0.1) is 6.92 Å². The lowest BCUT2D eigenvalue weighted by molar-refractivity contribution is 1.22. The lowest BCUT2D eigenvalue weighted by atomic mass is 10.2. The van der Waals surface area contributed by atoms with Crippen molar-refractivity contribution in [3.05, 3.63) is 34.4 Å². The van der Waals surface area contributed by atoms with E-state index in [0.717, 1.165) is 25.7 Å². The molecule has 0 saturated heterocycles. The van der Waals surface area contributed by atoms with Crippen molar-refractivity contribution in [3.63, 3.8) is 0 Å². The van der Waals surface area contributed by atoms with Gasteiger partial charge in [0.15, 0.2) is 5.13 Å². The summed E-state index contributed by atoms with van der Waals surface area (Å²) in [5, 5.41) is 0.741. The van der Waals surface area contributed by atoms with Crippen LogP contribution >= 0.6 is 27.3 Å². The first kappa shape index (κ1) is 10.6. The molecule has 0 atom stereocenters. The molecule has 0 saturated carbocycles. The Hall–Kier alpha value is -0.910. The molecule has 3 N–H and O–H groups in total. The summed E-state index contributed by atoms with van der Waals surface area (Å²) in [7, 11) is 0. The Kier molecular flexibility index (Phi) is 3.04. The standard InChI is InChI=1S/C10H10BrN3S/c1-6-9(15-10(13-6)14-12)7-2-4-8(11)5-3-7/h2-5H,12H2,1H3,(H,13,14). The van der Waals surface area contributed by atoms with Crippen LogP contribution in [0.2, 0.25) is 0 Å². The number of hydrogen-bond acceptors (Lipinski definition) is 4. The van der Waals surface area contributed by atoms with E-state index in [1.807, 2.05) is 19.1 Å². The van der Waals surface area contributed by atoms with E-state index < -0.39 is 0 Å². The Balaban J connectivity index is 2.44. The molecule has 1 aromatic heterocycles. The minimum atomic E-state index is 0.741. The topological polar surface area (TPSA) is 50.9 Å². The Morgan fingerprint density at radius 2 is 2.00 bits per heavy atom. The minimum Gasteiger partial charge on any atom is -0.300 e. The van der Waals surface area contributed by atoms with Gasteiger partial charge in [-0.2, -0.15) is 0 Å². The van der Waals surface area contributed by atoms with Crippen LogP contribution in [0.3, 0.4) is 0 Å². The summed E-state index contributed by atoms with van der Waals surface area (Å²) < 4.78 is 1.07. The van der Waals surface area contributed by atoms with Crippen LogP contribution < -0.4 is 11.3 Å². The highest BCUT2D eigenvalue weighted by Crippen LogP contribution is 2.32. The summed E-state index contributed by atoms with van der Waals surface area (Å²) in [6.07, 6.45) is 0. The molecule has 1 aromatic carbocycles. The van der Waals surface area contributed by atoms with Crippen molar-refractivity contribution in [1.29, 1.82) is 0 Å². The Bertz CT molecular complexity index is 464. The molecule has 0 bridgehead atoms. The number of nitrogens with two attached hydrogens (primary N) is 1. The smallest absolute Gasteiger partial charge is 0.197 e. The predicted octanol–water partition coefficient (Wildman–Crippen LogP) is 3.17. The van der Waals surface area contributed by atoms with E-state index in [1.54, 1.807) is 11.3 Å².